The molecule has 0 saturated carbocycles. The van der Waals surface area contributed by atoms with Crippen LogP contribution in [-0.4, -0.2) is 24.4 Å². The molecule has 4 nitrogen and oxygen atoms in total. The molecule has 100 valence electrons. The number of aryl methyl sites for hydroxylation is 1. The summed E-state index contributed by atoms with van der Waals surface area (Å²) in [5, 5.41) is 2.82. The fourth-order valence-corrected chi connectivity index (χ4v) is 2.67. The van der Waals surface area contributed by atoms with Crippen molar-refractivity contribution in [3.8, 4) is 0 Å². The van der Waals surface area contributed by atoms with E-state index in [2.05, 4.69) is 5.32 Å². The fraction of sp³-hybridized carbons (Fsp3) is 0.467. The summed E-state index contributed by atoms with van der Waals surface area (Å²) in [6, 6.07) is 5.50. The van der Waals surface area contributed by atoms with Crippen LogP contribution in [0.5, 0.6) is 0 Å². The molecule has 0 bridgehead atoms. The highest BCUT2D eigenvalue weighted by Crippen LogP contribution is 2.25. The standard InChI is InChI=1S/C15H17NO3/c17-14-7-5-10-9-11(4-6-12(10)16-14)15(18)13-3-1-2-8-19-13/h4,6,9,13H,1-3,5,7-8H2,(H,16,17). The Kier molecular flexibility index (Phi) is 3.34. The molecule has 1 aromatic carbocycles. The third kappa shape index (κ3) is 2.54. The average Bonchev–Trinajstić information content (AvgIpc) is 2.47. The van der Waals surface area contributed by atoms with Crippen LogP contribution in [0.2, 0.25) is 0 Å². The molecule has 2 heterocycles. The highest BCUT2D eigenvalue weighted by Gasteiger charge is 2.24. The van der Waals surface area contributed by atoms with Gasteiger partial charge in [-0.2, -0.15) is 0 Å². The maximum absolute atomic E-state index is 12.3. The smallest absolute Gasteiger partial charge is 0.224 e. The topological polar surface area (TPSA) is 55.4 Å². The van der Waals surface area contributed by atoms with E-state index in [9.17, 15) is 9.59 Å². The fourth-order valence-electron chi connectivity index (χ4n) is 2.67. The van der Waals surface area contributed by atoms with Crippen LogP contribution in [0.3, 0.4) is 0 Å². The molecule has 4 heteroatoms. The lowest BCUT2D eigenvalue weighted by Crippen LogP contribution is -2.28. The van der Waals surface area contributed by atoms with Crippen molar-refractivity contribution in [3.05, 3.63) is 29.3 Å². The quantitative estimate of drug-likeness (QED) is 0.829. The number of hydrogen-bond donors (Lipinski definition) is 1. The minimum absolute atomic E-state index is 0.0437. The van der Waals surface area contributed by atoms with E-state index in [0.717, 1.165) is 30.5 Å². The van der Waals surface area contributed by atoms with E-state index < -0.39 is 0 Å². The molecule has 0 aliphatic carbocycles. The molecule has 1 amide bonds. The van der Waals surface area contributed by atoms with Gasteiger partial charge in [0, 0.05) is 24.3 Å². The number of anilines is 1. The van der Waals surface area contributed by atoms with Crippen molar-refractivity contribution in [1.82, 2.24) is 0 Å². The summed E-state index contributed by atoms with van der Waals surface area (Å²) in [4.78, 5) is 23.6. The van der Waals surface area contributed by atoms with Gasteiger partial charge in [0.1, 0.15) is 6.10 Å². The molecule has 0 aromatic heterocycles. The first-order valence-electron chi connectivity index (χ1n) is 6.82. The lowest BCUT2D eigenvalue weighted by Gasteiger charge is -2.22. The van der Waals surface area contributed by atoms with Crippen molar-refractivity contribution < 1.29 is 14.3 Å². The van der Waals surface area contributed by atoms with Crippen molar-refractivity contribution in [1.29, 1.82) is 0 Å². The van der Waals surface area contributed by atoms with Gasteiger partial charge in [-0.3, -0.25) is 9.59 Å². The number of benzene rings is 1. The van der Waals surface area contributed by atoms with Crippen LogP contribution in [0, 0.1) is 0 Å². The predicted molar refractivity (Wildman–Crippen MR) is 71.3 cm³/mol. The number of amides is 1. The molecule has 0 spiro atoms. The van der Waals surface area contributed by atoms with Crippen molar-refractivity contribution in [2.45, 2.75) is 38.2 Å². The molecule has 1 N–H and O–H groups in total. The first kappa shape index (κ1) is 12.4. The van der Waals surface area contributed by atoms with Gasteiger partial charge in [-0.1, -0.05) is 0 Å². The maximum Gasteiger partial charge on any atom is 0.224 e. The van der Waals surface area contributed by atoms with Crippen LogP contribution in [0.15, 0.2) is 18.2 Å². The van der Waals surface area contributed by atoms with E-state index in [1.165, 1.54) is 0 Å². The van der Waals surface area contributed by atoms with Gasteiger partial charge in [0.25, 0.3) is 0 Å². The number of rotatable bonds is 2. The normalized spacial score (nSPS) is 22.5. The van der Waals surface area contributed by atoms with Crippen LogP contribution in [0.1, 0.15) is 41.6 Å². The molecule has 1 saturated heterocycles. The third-order valence-electron chi connectivity index (χ3n) is 3.76. The van der Waals surface area contributed by atoms with E-state index in [-0.39, 0.29) is 17.8 Å². The van der Waals surface area contributed by atoms with Gasteiger partial charge in [-0.05, 0) is 49.4 Å². The average molecular weight is 259 g/mol. The number of fused-ring (bicyclic) bond motifs is 1. The zero-order chi connectivity index (χ0) is 13.2. The van der Waals surface area contributed by atoms with Crippen molar-refractivity contribution in [3.63, 3.8) is 0 Å². The number of carbonyl (C=O) groups is 2. The summed E-state index contributed by atoms with van der Waals surface area (Å²) in [5.41, 5.74) is 2.57. The Morgan fingerprint density at radius 2 is 2.16 bits per heavy atom. The van der Waals surface area contributed by atoms with Crippen LogP contribution in [-0.2, 0) is 16.0 Å². The Labute approximate surface area is 112 Å². The summed E-state index contributed by atoms with van der Waals surface area (Å²) in [7, 11) is 0. The SMILES string of the molecule is O=C1CCc2cc(C(=O)C3CCCCO3)ccc2N1. The molecule has 1 unspecified atom stereocenters. The second-order valence-corrected chi connectivity index (χ2v) is 5.14. The molecule has 1 atom stereocenters. The van der Waals surface area contributed by atoms with Crippen molar-refractivity contribution in [2.75, 3.05) is 11.9 Å². The Bertz CT molecular complexity index is 518. The van der Waals surface area contributed by atoms with E-state index >= 15 is 0 Å². The monoisotopic (exact) mass is 259 g/mol. The van der Waals surface area contributed by atoms with Crippen molar-refractivity contribution in [2.24, 2.45) is 0 Å². The summed E-state index contributed by atoms with van der Waals surface area (Å²) in [6.07, 6.45) is 3.81. The van der Waals surface area contributed by atoms with E-state index in [1.807, 2.05) is 12.1 Å². The zero-order valence-electron chi connectivity index (χ0n) is 10.8. The van der Waals surface area contributed by atoms with Crippen LogP contribution < -0.4 is 5.32 Å². The minimum atomic E-state index is -0.287. The highest BCUT2D eigenvalue weighted by molar-refractivity contribution is 6.01. The molecule has 2 aliphatic heterocycles. The van der Waals surface area contributed by atoms with Gasteiger partial charge in [0.15, 0.2) is 5.78 Å². The first-order valence-corrected chi connectivity index (χ1v) is 6.82. The molecule has 0 radical (unpaired) electrons. The summed E-state index contributed by atoms with van der Waals surface area (Å²) in [5.74, 6) is 0.113. The van der Waals surface area contributed by atoms with E-state index in [1.54, 1.807) is 6.07 Å². The van der Waals surface area contributed by atoms with Crippen LogP contribution in [0.25, 0.3) is 0 Å². The highest BCUT2D eigenvalue weighted by atomic mass is 16.5. The number of nitrogens with one attached hydrogen (secondary N) is 1. The van der Waals surface area contributed by atoms with Gasteiger partial charge in [0.05, 0.1) is 0 Å². The summed E-state index contributed by atoms with van der Waals surface area (Å²) in [6.45, 7) is 0.678. The number of Topliss-reactive ketones (excluding diaryl/α,β-unsaturated/α-hetero) is 1. The van der Waals surface area contributed by atoms with Gasteiger partial charge < -0.3 is 10.1 Å². The molecular weight excluding hydrogens is 242 g/mol. The summed E-state index contributed by atoms with van der Waals surface area (Å²) < 4.78 is 5.54. The Morgan fingerprint density at radius 1 is 1.26 bits per heavy atom. The van der Waals surface area contributed by atoms with Gasteiger partial charge in [0.2, 0.25) is 5.91 Å². The Hall–Kier alpha value is -1.68. The second kappa shape index (κ2) is 5.13. The lowest BCUT2D eigenvalue weighted by atomic mass is 9.95. The number of hydrogen-bond acceptors (Lipinski definition) is 3. The number of ether oxygens (including phenoxy) is 1. The molecular formula is C15H17NO3. The lowest BCUT2D eigenvalue weighted by molar-refractivity contribution is -0.116. The zero-order valence-corrected chi connectivity index (χ0v) is 10.8. The number of carbonyl (C=O) groups excluding carboxylic acids is 2. The van der Waals surface area contributed by atoms with Crippen LogP contribution >= 0.6 is 0 Å². The van der Waals surface area contributed by atoms with E-state index in [4.69, 9.17) is 4.74 Å². The number of ketones is 1. The summed E-state index contributed by atoms with van der Waals surface area (Å²) >= 11 is 0. The molecule has 19 heavy (non-hydrogen) atoms. The Morgan fingerprint density at radius 3 is 2.95 bits per heavy atom. The van der Waals surface area contributed by atoms with Crippen molar-refractivity contribution >= 4 is 17.4 Å². The minimum Gasteiger partial charge on any atom is -0.370 e. The van der Waals surface area contributed by atoms with Gasteiger partial charge in [-0.25, -0.2) is 0 Å². The van der Waals surface area contributed by atoms with E-state index in [0.29, 0.717) is 25.0 Å². The van der Waals surface area contributed by atoms with Crippen LogP contribution in [0.4, 0.5) is 5.69 Å². The third-order valence-corrected chi connectivity index (χ3v) is 3.76. The molecule has 3 rings (SSSR count). The predicted octanol–water partition coefficient (Wildman–Crippen LogP) is 2.32. The molecule has 1 aromatic rings. The van der Waals surface area contributed by atoms with Gasteiger partial charge >= 0.3 is 0 Å². The molecule has 2 aliphatic rings. The maximum atomic E-state index is 12.3. The van der Waals surface area contributed by atoms with Gasteiger partial charge in [-0.15, -0.1) is 0 Å². The largest absolute Gasteiger partial charge is 0.370 e. The second-order valence-electron chi connectivity index (χ2n) is 5.14. The molecule has 1 fully saturated rings. The Balaban J connectivity index is 1.81. The first-order chi connectivity index (χ1) is 9.24.